The predicted octanol–water partition coefficient (Wildman–Crippen LogP) is 2.32. The maximum Gasteiger partial charge on any atom is 0.168 e. The monoisotopic (exact) mass is 360 g/mol. The Kier molecular flexibility index (Phi) is 4.86. The second-order valence-electron chi connectivity index (χ2n) is 6.94. The number of aromatic nitrogens is 2. The van der Waals surface area contributed by atoms with Crippen molar-refractivity contribution in [2.24, 2.45) is 11.1 Å². The first-order chi connectivity index (χ1) is 12.3. The second-order valence-corrected chi connectivity index (χ2v) is 6.94. The van der Waals surface area contributed by atoms with Gasteiger partial charge in [-0.05, 0) is 36.9 Å². The smallest absolute Gasteiger partial charge is 0.168 e. The number of rotatable bonds is 4. The van der Waals surface area contributed by atoms with Gasteiger partial charge in [0.1, 0.15) is 11.5 Å². The van der Waals surface area contributed by atoms with Crippen LogP contribution in [0.2, 0.25) is 0 Å². The molecule has 8 heteroatoms. The Balaban J connectivity index is 1.82. The lowest BCUT2D eigenvalue weighted by Gasteiger charge is -2.39. The molecule has 0 radical (unpaired) electrons. The van der Waals surface area contributed by atoms with Crippen molar-refractivity contribution in [2.45, 2.75) is 19.8 Å². The van der Waals surface area contributed by atoms with Crippen LogP contribution in [0.3, 0.4) is 0 Å². The number of halogens is 2. The number of benzene rings is 1. The number of nitrogens with two attached hydrogens (primary N) is 2. The third kappa shape index (κ3) is 3.37. The first-order valence-corrected chi connectivity index (χ1v) is 8.45. The molecule has 1 aromatic carbocycles. The molecule has 0 atom stereocenters. The normalized spacial score (nSPS) is 16.5. The molecule has 138 valence electrons. The Morgan fingerprint density at radius 1 is 1.31 bits per heavy atom. The molecule has 0 bridgehead atoms. The Morgan fingerprint density at radius 2 is 2.00 bits per heavy atom. The van der Waals surface area contributed by atoms with Crippen LogP contribution in [-0.4, -0.2) is 35.3 Å². The summed E-state index contributed by atoms with van der Waals surface area (Å²) in [6.07, 6.45) is 3.40. The van der Waals surface area contributed by atoms with Gasteiger partial charge in [-0.25, -0.2) is 18.7 Å². The van der Waals surface area contributed by atoms with Crippen LogP contribution in [0.5, 0.6) is 0 Å². The number of hydrogen-bond donors (Lipinski definition) is 3. The zero-order valence-electron chi connectivity index (χ0n) is 14.6. The van der Waals surface area contributed by atoms with E-state index in [2.05, 4.69) is 21.8 Å². The van der Waals surface area contributed by atoms with Crippen molar-refractivity contribution in [1.82, 2.24) is 9.97 Å². The SMILES string of the molecule is CC1(CN)CCN(c2cnc(C(=N)c3cccc(F)c3F)c(N)n2)CC1. The van der Waals surface area contributed by atoms with Gasteiger partial charge in [-0.15, -0.1) is 0 Å². The third-order valence-corrected chi connectivity index (χ3v) is 5.03. The average molecular weight is 360 g/mol. The largest absolute Gasteiger partial charge is 0.382 e. The summed E-state index contributed by atoms with van der Waals surface area (Å²) in [6.45, 7) is 4.39. The van der Waals surface area contributed by atoms with Gasteiger partial charge in [0.15, 0.2) is 17.5 Å². The van der Waals surface area contributed by atoms with Crippen molar-refractivity contribution in [3.8, 4) is 0 Å². The highest BCUT2D eigenvalue weighted by atomic mass is 19.2. The first kappa shape index (κ1) is 18.2. The Morgan fingerprint density at radius 3 is 2.62 bits per heavy atom. The summed E-state index contributed by atoms with van der Waals surface area (Å²) in [5.41, 5.74) is 11.5. The van der Waals surface area contributed by atoms with Gasteiger partial charge in [0, 0.05) is 18.7 Å². The molecule has 1 aliphatic rings. The molecule has 2 aromatic rings. The van der Waals surface area contributed by atoms with Crippen LogP contribution >= 0.6 is 0 Å². The van der Waals surface area contributed by atoms with Crippen molar-refractivity contribution >= 4 is 17.3 Å². The van der Waals surface area contributed by atoms with Gasteiger partial charge in [0.05, 0.1) is 11.9 Å². The number of nitrogens with zero attached hydrogens (tertiary/aromatic N) is 3. The van der Waals surface area contributed by atoms with E-state index in [1.807, 2.05) is 0 Å². The van der Waals surface area contributed by atoms with E-state index in [1.54, 1.807) is 0 Å². The lowest BCUT2D eigenvalue weighted by molar-refractivity contribution is 0.258. The molecule has 1 saturated heterocycles. The summed E-state index contributed by atoms with van der Waals surface area (Å²) in [5, 5.41) is 8.12. The molecule has 0 amide bonds. The minimum Gasteiger partial charge on any atom is -0.382 e. The number of anilines is 2. The highest BCUT2D eigenvalue weighted by Gasteiger charge is 2.29. The summed E-state index contributed by atoms with van der Waals surface area (Å²) in [5.74, 6) is -1.49. The van der Waals surface area contributed by atoms with Crippen LogP contribution in [0.15, 0.2) is 24.4 Å². The average Bonchev–Trinajstić information content (AvgIpc) is 2.64. The molecule has 1 aliphatic heterocycles. The number of piperidine rings is 1. The molecule has 0 saturated carbocycles. The van der Waals surface area contributed by atoms with E-state index in [4.69, 9.17) is 16.9 Å². The van der Waals surface area contributed by atoms with E-state index in [9.17, 15) is 8.78 Å². The van der Waals surface area contributed by atoms with Crippen molar-refractivity contribution in [3.05, 3.63) is 47.3 Å². The van der Waals surface area contributed by atoms with E-state index >= 15 is 0 Å². The molecule has 1 fully saturated rings. The van der Waals surface area contributed by atoms with Crippen molar-refractivity contribution < 1.29 is 8.78 Å². The van der Waals surface area contributed by atoms with E-state index in [1.165, 1.54) is 18.3 Å². The van der Waals surface area contributed by atoms with Crippen molar-refractivity contribution in [2.75, 3.05) is 30.3 Å². The van der Waals surface area contributed by atoms with Gasteiger partial charge in [-0.3, -0.25) is 5.41 Å². The van der Waals surface area contributed by atoms with Gasteiger partial charge in [-0.2, -0.15) is 0 Å². The molecular formula is C18H22F2N6. The van der Waals surface area contributed by atoms with Crippen LogP contribution in [-0.2, 0) is 0 Å². The van der Waals surface area contributed by atoms with Gasteiger partial charge < -0.3 is 16.4 Å². The van der Waals surface area contributed by atoms with Crippen LogP contribution in [0.4, 0.5) is 20.4 Å². The van der Waals surface area contributed by atoms with Crippen LogP contribution < -0.4 is 16.4 Å². The number of nitrogens with one attached hydrogen (secondary N) is 1. The van der Waals surface area contributed by atoms with Gasteiger partial charge >= 0.3 is 0 Å². The predicted molar refractivity (Wildman–Crippen MR) is 97.3 cm³/mol. The van der Waals surface area contributed by atoms with Gasteiger partial charge in [0.25, 0.3) is 0 Å². The van der Waals surface area contributed by atoms with Crippen LogP contribution in [0.1, 0.15) is 31.0 Å². The molecule has 1 aromatic heterocycles. The summed E-state index contributed by atoms with van der Waals surface area (Å²) in [6, 6.07) is 3.65. The van der Waals surface area contributed by atoms with Gasteiger partial charge in [0.2, 0.25) is 0 Å². The van der Waals surface area contributed by atoms with Crippen LogP contribution in [0, 0.1) is 22.5 Å². The highest BCUT2D eigenvalue weighted by molar-refractivity contribution is 6.12. The summed E-state index contributed by atoms with van der Waals surface area (Å²) in [7, 11) is 0. The lowest BCUT2D eigenvalue weighted by atomic mass is 9.80. The molecule has 0 aliphatic carbocycles. The summed E-state index contributed by atoms with van der Waals surface area (Å²) >= 11 is 0. The minimum absolute atomic E-state index is 0.0170. The quantitative estimate of drug-likeness (QED) is 0.726. The Labute approximate surface area is 150 Å². The maximum atomic E-state index is 13.9. The molecular weight excluding hydrogens is 338 g/mol. The zero-order valence-corrected chi connectivity index (χ0v) is 14.6. The molecule has 3 rings (SSSR count). The standard InChI is InChI=1S/C18H22F2N6/c1-18(10-21)5-7-26(8-6-18)13-9-24-16(17(23)25-13)15(22)11-3-2-4-12(19)14(11)20/h2-4,9,22H,5-8,10,21H2,1H3,(H2,23,25). The zero-order chi connectivity index (χ0) is 18.9. The summed E-state index contributed by atoms with van der Waals surface area (Å²) in [4.78, 5) is 10.6. The Bertz CT molecular complexity index is 830. The van der Waals surface area contributed by atoms with E-state index in [-0.39, 0.29) is 28.2 Å². The summed E-state index contributed by atoms with van der Waals surface area (Å²) < 4.78 is 27.3. The highest BCUT2D eigenvalue weighted by Crippen LogP contribution is 2.31. The second kappa shape index (κ2) is 6.95. The molecule has 0 unspecified atom stereocenters. The van der Waals surface area contributed by atoms with E-state index in [0.29, 0.717) is 12.4 Å². The number of nitrogen functional groups attached to an aromatic ring is 1. The van der Waals surface area contributed by atoms with E-state index in [0.717, 1.165) is 32.0 Å². The molecule has 6 nitrogen and oxygen atoms in total. The minimum atomic E-state index is -1.10. The van der Waals surface area contributed by atoms with Crippen molar-refractivity contribution in [3.63, 3.8) is 0 Å². The first-order valence-electron chi connectivity index (χ1n) is 8.45. The van der Waals surface area contributed by atoms with E-state index < -0.39 is 11.6 Å². The lowest BCUT2D eigenvalue weighted by Crippen LogP contribution is -2.42. The fourth-order valence-electron chi connectivity index (χ4n) is 3.04. The number of hydrogen-bond acceptors (Lipinski definition) is 6. The molecule has 5 N–H and O–H groups in total. The van der Waals surface area contributed by atoms with Crippen molar-refractivity contribution in [1.29, 1.82) is 5.41 Å². The van der Waals surface area contributed by atoms with Gasteiger partial charge in [-0.1, -0.05) is 13.0 Å². The molecule has 26 heavy (non-hydrogen) atoms. The molecule has 2 heterocycles. The van der Waals surface area contributed by atoms with Crippen LogP contribution in [0.25, 0.3) is 0 Å². The topological polar surface area (TPSA) is 105 Å². The maximum absolute atomic E-state index is 13.9. The fourth-order valence-corrected chi connectivity index (χ4v) is 3.04. The fraction of sp³-hybridized carbons (Fsp3) is 0.389. The molecule has 0 spiro atoms. The Hall–Kier alpha value is -2.61. The third-order valence-electron chi connectivity index (χ3n) is 5.03.